The van der Waals surface area contributed by atoms with Crippen LogP contribution in [0.5, 0.6) is 5.75 Å². The van der Waals surface area contributed by atoms with Gasteiger partial charge < -0.3 is 10.1 Å². The lowest BCUT2D eigenvalue weighted by atomic mass is 9.95. The number of amides is 1. The Hall–Kier alpha value is -1.51. The van der Waals surface area contributed by atoms with Gasteiger partial charge in [-0.05, 0) is 23.6 Å². The molecular formula is C15H23NO2. The van der Waals surface area contributed by atoms with E-state index < -0.39 is 0 Å². The van der Waals surface area contributed by atoms with Crippen molar-refractivity contribution in [1.82, 2.24) is 5.32 Å². The Bertz CT molecular complexity index is 382. The Morgan fingerprint density at radius 2 is 1.67 bits per heavy atom. The van der Waals surface area contributed by atoms with E-state index in [1.807, 2.05) is 38.1 Å². The van der Waals surface area contributed by atoms with Gasteiger partial charge in [-0.25, -0.2) is 0 Å². The van der Waals surface area contributed by atoms with E-state index in [-0.39, 0.29) is 17.9 Å². The zero-order valence-electron chi connectivity index (χ0n) is 11.9. The van der Waals surface area contributed by atoms with Crippen LogP contribution in [0.4, 0.5) is 0 Å². The highest BCUT2D eigenvalue weighted by molar-refractivity contribution is 5.78. The maximum atomic E-state index is 11.8. The summed E-state index contributed by atoms with van der Waals surface area (Å²) in [6.07, 6.45) is 0. The lowest BCUT2D eigenvalue weighted by molar-refractivity contribution is -0.125. The van der Waals surface area contributed by atoms with Crippen LogP contribution in [0.25, 0.3) is 0 Å². The van der Waals surface area contributed by atoms with Gasteiger partial charge in [0.1, 0.15) is 5.75 Å². The van der Waals surface area contributed by atoms with Crippen LogP contribution in [-0.2, 0) is 4.79 Å². The first-order chi connectivity index (χ1) is 8.45. The number of carbonyl (C=O) groups excluding carboxylic acids is 1. The topological polar surface area (TPSA) is 38.3 Å². The number of benzene rings is 1. The standard InChI is InChI=1S/C15H23NO2/c1-10(2)14(16-15(17)11(3)4)12-6-8-13(18-5)9-7-12/h6-11,14H,1-5H3,(H,16,17)/t14-/m1/s1. The quantitative estimate of drug-likeness (QED) is 0.870. The minimum Gasteiger partial charge on any atom is -0.497 e. The lowest BCUT2D eigenvalue weighted by Gasteiger charge is -2.24. The molecule has 1 atom stereocenters. The average molecular weight is 249 g/mol. The fraction of sp³-hybridized carbons (Fsp3) is 0.533. The SMILES string of the molecule is COc1ccc([C@H](NC(=O)C(C)C)C(C)C)cc1. The van der Waals surface area contributed by atoms with Crippen LogP contribution in [0.2, 0.25) is 0 Å². The number of hydrogen-bond donors (Lipinski definition) is 1. The molecule has 100 valence electrons. The summed E-state index contributed by atoms with van der Waals surface area (Å²) in [5, 5.41) is 3.09. The van der Waals surface area contributed by atoms with Gasteiger partial charge in [-0.2, -0.15) is 0 Å². The molecule has 0 aliphatic heterocycles. The number of nitrogens with one attached hydrogen (secondary N) is 1. The van der Waals surface area contributed by atoms with E-state index in [0.717, 1.165) is 11.3 Å². The molecule has 0 aliphatic rings. The molecule has 0 fully saturated rings. The highest BCUT2D eigenvalue weighted by Gasteiger charge is 2.19. The molecular weight excluding hydrogens is 226 g/mol. The molecule has 0 aromatic heterocycles. The van der Waals surface area contributed by atoms with Crippen molar-refractivity contribution in [2.24, 2.45) is 11.8 Å². The summed E-state index contributed by atoms with van der Waals surface area (Å²) in [6.45, 7) is 8.02. The number of hydrogen-bond acceptors (Lipinski definition) is 2. The molecule has 3 heteroatoms. The van der Waals surface area contributed by atoms with Gasteiger partial charge in [0.2, 0.25) is 5.91 Å². The van der Waals surface area contributed by atoms with E-state index in [1.165, 1.54) is 0 Å². The molecule has 0 heterocycles. The smallest absolute Gasteiger partial charge is 0.223 e. The van der Waals surface area contributed by atoms with Crippen molar-refractivity contribution < 1.29 is 9.53 Å². The summed E-state index contributed by atoms with van der Waals surface area (Å²) in [4.78, 5) is 11.8. The largest absolute Gasteiger partial charge is 0.497 e. The summed E-state index contributed by atoms with van der Waals surface area (Å²) >= 11 is 0. The summed E-state index contributed by atoms with van der Waals surface area (Å²) in [5.74, 6) is 1.27. The molecule has 0 bridgehead atoms. The minimum atomic E-state index is 0.00417. The third-order valence-corrected chi connectivity index (χ3v) is 2.96. The first-order valence-corrected chi connectivity index (χ1v) is 6.40. The van der Waals surface area contributed by atoms with Crippen LogP contribution in [0.1, 0.15) is 39.3 Å². The van der Waals surface area contributed by atoms with Crippen molar-refractivity contribution in [1.29, 1.82) is 0 Å². The van der Waals surface area contributed by atoms with Crippen LogP contribution in [0.15, 0.2) is 24.3 Å². The van der Waals surface area contributed by atoms with Crippen molar-refractivity contribution in [3.63, 3.8) is 0 Å². The zero-order valence-corrected chi connectivity index (χ0v) is 11.9. The van der Waals surface area contributed by atoms with Gasteiger partial charge in [-0.1, -0.05) is 39.8 Å². The normalized spacial score (nSPS) is 12.6. The molecule has 0 aliphatic carbocycles. The molecule has 1 aromatic carbocycles. The molecule has 0 unspecified atom stereocenters. The number of methoxy groups -OCH3 is 1. The first-order valence-electron chi connectivity index (χ1n) is 6.40. The number of rotatable bonds is 5. The number of carbonyl (C=O) groups is 1. The molecule has 1 aromatic rings. The van der Waals surface area contributed by atoms with E-state index >= 15 is 0 Å². The van der Waals surface area contributed by atoms with E-state index in [1.54, 1.807) is 7.11 Å². The Labute approximate surface area is 110 Å². The van der Waals surface area contributed by atoms with Crippen LogP contribution in [0, 0.1) is 11.8 Å². The van der Waals surface area contributed by atoms with Gasteiger partial charge >= 0.3 is 0 Å². The molecule has 3 nitrogen and oxygen atoms in total. The molecule has 1 N–H and O–H groups in total. The zero-order chi connectivity index (χ0) is 13.7. The van der Waals surface area contributed by atoms with E-state index in [9.17, 15) is 4.79 Å². The van der Waals surface area contributed by atoms with Crippen molar-refractivity contribution >= 4 is 5.91 Å². The second-order valence-electron chi connectivity index (χ2n) is 5.16. The Balaban J connectivity index is 2.87. The highest BCUT2D eigenvalue weighted by atomic mass is 16.5. The summed E-state index contributed by atoms with van der Waals surface area (Å²) < 4.78 is 5.14. The van der Waals surface area contributed by atoms with Gasteiger partial charge in [0.15, 0.2) is 0 Å². The third-order valence-electron chi connectivity index (χ3n) is 2.96. The summed E-state index contributed by atoms with van der Waals surface area (Å²) in [7, 11) is 1.65. The van der Waals surface area contributed by atoms with E-state index in [0.29, 0.717) is 5.92 Å². The predicted octanol–water partition coefficient (Wildman–Crippen LogP) is 3.16. The van der Waals surface area contributed by atoms with Crippen molar-refractivity contribution in [3.8, 4) is 5.75 Å². The highest BCUT2D eigenvalue weighted by Crippen LogP contribution is 2.24. The molecule has 0 radical (unpaired) electrons. The van der Waals surface area contributed by atoms with Gasteiger partial charge in [0.05, 0.1) is 13.2 Å². The lowest BCUT2D eigenvalue weighted by Crippen LogP contribution is -2.34. The third kappa shape index (κ3) is 3.76. The van der Waals surface area contributed by atoms with Crippen LogP contribution in [-0.4, -0.2) is 13.0 Å². The number of ether oxygens (including phenoxy) is 1. The average Bonchev–Trinajstić information content (AvgIpc) is 2.35. The maximum Gasteiger partial charge on any atom is 0.223 e. The second kappa shape index (κ2) is 6.43. The van der Waals surface area contributed by atoms with Crippen LogP contribution >= 0.6 is 0 Å². The second-order valence-corrected chi connectivity index (χ2v) is 5.16. The van der Waals surface area contributed by atoms with Crippen molar-refractivity contribution in [2.45, 2.75) is 33.7 Å². The molecule has 1 amide bonds. The predicted molar refractivity (Wildman–Crippen MR) is 73.6 cm³/mol. The van der Waals surface area contributed by atoms with Gasteiger partial charge in [0.25, 0.3) is 0 Å². The Morgan fingerprint density at radius 1 is 1.11 bits per heavy atom. The maximum absolute atomic E-state index is 11.8. The Kier molecular flexibility index (Phi) is 5.20. The monoisotopic (exact) mass is 249 g/mol. The fourth-order valence-electron chi connectivity index (χ4n) is 1.77. The molecule has 0 saturated carbocycles. The summed E-state index contributed by atoms with van der Waals surface area (Å²) in [5.41, 5.74) is 1.11. The van der Waals surface area contributed by atoms with E-state index in [2.05, 4.69) is 19.2 Å². The van der Waals surface area contributed by atoms with Gasteiger partial charge in [0, 0.05) is 5.92 Å². The molecule has 18 heavy (non-hydrogen) atoms. The molecule has 1 rings (SSSR count). The Morgan fingerprint density at radius 3 is 2.06 bits per heavy atom. The minimum absolute atomic E-state index is 0.00417. The first kappa shape index (κ1) is 14.6. The van der Waals surface area contributed by atoms with Gasteiger partial charge in [-0.15, -0.1) is 0 Å². The fourth-order valence-corrected chi connectivity index (χ4v) is 1.77. The van der Waals surface area contributed by atoms with E-state index in [4.69, 9.17) is 4.74 Å². The van der Waals surface area contributed by atoms with Gasteiger partial charge in [-0.3, -0.25) is 4.79 Å². The summed E-state index contributed by atoms with van der Waals surface area (Å²) in [6, 6.07) is 7.90. The van der Waals surface area contributed by atoms with Crippen LogP contribution < -0.4 is 10.1 Å². The molecule has 0 saturated heterocycles. The van der Waals surface area contributed by atoms with Crippen LogP contribution in [0.3, 0.4) is 0 Å². The van der Waals surface area contributed by atoms with Crippen molar-refractivity contribution in [2.75, 3.05) is 7.11 Å². The van der Waals surface area contributed by atoms with Crippen molar-refractivity contribution in [3.05, 3.63) is 29.8 Å². The molecule has 0 spiro atoms.